The molecule has 0 saturated heterocycles. The predicted molar refractivity (Wildman–Crippen MR) is 96.1 cm³/mol. The first-order chi connectivity index (χ1) is 11.9. The minimum Gasteiger partial charge on any atom is -0.452 e. The van der Waals surface area contributed by atoms with Crippen LogP contribution in [0.15, 0.2) is 42.5 Å². The van der Waals surface area contributed by atoms with Gasteiger partial charge in [-0.25, -0.2) is 4.79 Å². The number of rotatable bonds is 5. The molecule has 0 aliphatic heterocycles. The fourth-order valence-electron chi connectivity index (χ4n) is 1.97. The summed E-state index contributed by atoms with van der Waals surface area (Å²) in [6.07, 6.45) is 0. The third-order valence-electron chi connectivity index (χ3n) is 2.97. The molecule has 0 saturated carbocycles. The van der Waals surface area contributed by atoms with Crippen molar-refractivity contribution >= 4 is 52.4 Å². The van der Waals surface area contributed by atoms with E-state index in [1.54, 1.807) is 30.3 Å². The maximum absolute atomic E-state index is 12.0. The van der Waals surface area contributed by atoms with Gasteiger partial charge in [0, 0.05) is 18.3 Å². The zero-order valence-electron chi connectivity index (χ0n) is 13.1. The van der Waals surface area contributed by atoms with E-state index < -0.39 is 18.5 Å². The molecule has 0 unspecified atom stereocenters. The average Bonchev–Trinajstić information content (AvgIpc) is 2.52. The van der Waals surface area contributed by atoms with Crippen molar-refractivity contribution in [1.29, 1.82) is 0 Å². The van der Waals surface area contributed by atoms with Crippen LogP contribution < -0.4 is 10.6 Å². The van der Waals surface area contributed by atoms with E-state index >= 15 is 0 Å². The molecule has 130 valence electrons. The molecule has 2 N–H and O–H groups in total. The Morgan fingerprint density at radius 2 is 1.52 bits per heavy atom. The lowest BCUT2D eigenvalue weighted by atomic mass is 10.2. The molecule has 25 heavy (non-hydrogen) atoms. The summed E-state index contributed by atoms with van der Waals surface area (Å²) in [5, 5.41) is 5.44. The number of esters is 1. The Kier molecular flexibility index (Phi) is 6.38. The summed E-state index contributed by atoms with van der Waals surface area (Å²) in [6.45, 7) is 0.870. The molecular weight excluding hydrogens is 367 g/mol. The van der Waals surface area contributed by atoms with Crippen LogP contribution >= 0.6 is 23.2 Å². The van der Waals surface area contributed by atoms with Crippen LogP contribution in [0.5, 0.6) is 0 Å². The van der Waals surface area contributed by atoms with E-state index in [-0.39, 0.29) is 21.5 Å². The average molecular weight is 381 g/mol. The highest BCUT2D eigenvalue weighted by atomic mass is 35.5. The highest BCUT2D eigenvalue weighted by molar-refractivity contribution is 6.39. The number of amides is 2. The Bertz CT molecular complexity index is 804. The molecule has 0 aliphatic rings. The Morgan fingerprint density at radius 3 is 2.12 bits per heavy atom. The van der Waals surface area contributed by atoms with Gasteiger partial charge in [-0.05, 0) is 30.3 Å². The van der Waals surface area contributed by atoms with E-state index in [2.05, 4.69) is 10.6 Å². The third-order valence-corrected chi connectivity index (χ3v) is 3.60. The van der Waals surface area contributed by atoms with Crippen molar-refractivity contribution in [3.8, 4) is 0 Å². The smallest absolute Gasteiger partial charge is 0.341 e. The molecule has 0 aromatic heterocycles. The van der Waals surface area contributed by atoms with Gasteiger partial charge in [0.25, 0.3) is 5.91 Å². The molecule has 0 radical (unpaired) electrons. The zero-order valence-corrected chi connectivity index (χ0v) is 14.6. The molecule has 2 aromatic carbocycles. The van der Waals surface area contributed by atoms with Gasteiger partial charge in [-0.3, -0.25) is 9.59 Å². The quantitative estimate of drug-likeness (QED) is 0.773. The number of hydrogen-bond donors (Lipinski definition) is 2. The number of nitrogens with one attached hydrogen (secondary N) is 2. The Balaban J connectivity index is 1.95. The SMILES string of the molecule is CC(=O)Nc1cccc(NC(=O)COC(=O)c2c(Cl)cccc2Cl)c1. The van der Waals surface area contributed by atoms with Gasteiger partial charge in [0.15, 0.2) is 6.61 Å². The molecule has 0 fully saturated rings. The van der Waals surface area contributed by atoms with E-state index in [0.717, 1.165) is 0 Å². The van der Waals surface area contributed by atoms with E-state index in [4.69, 9.17) is 27.9 Å². The fraction of sp³-hybridized carbons (Fsp3) is 0.118. The number of ether oxygens (including phenoxy) is 1. The Labute approximate surface area is 154 Å². The Hall–Kier alpha value is -2.57. The van der Waals surface area contributed by atoms with Crippen LogP contribution in [0.1, 0.15) is 17.3 Å². The van der Waals surface area contributed by atoms with Gasteiger partial charge in [0.2, 0.25) is 5.91 Å². The molecule has 0 atom stereocenters. The second-order valence-electron chi connectivity index (χ2n) is 4.98. The number of benzene rings is 2. The third kappa shape index (κ3) is 5.48. The van der Waals surface area contributed by atoms with Crippen LogP contribution in [0.3, 0.4) is 0 Å². The zero-order chi connectivity index (χ0) is 18.4. The predicted octanol–water partition coefficient (Wildman–Crippen LogP) is 3.75. The van der Waals surface area contributed by atoms with Gasteiger partial charge in [-0.2, -0.15) is 0 Å². The molecule has 2 aromatic rings. The summed E-state index contributed by atoms with van der Waals surface area (Å²) in [4.78, 5) is 34.9. The largest absolute Gasteiger partial charge is 0.452 e. The molecule has 8 heteroatoms. The summed E-state index contributed by atoms with van der Waals surface area (Å²) < 4.78 is 4.93. The number of carbonyl (C=O) groups is 3. The van der Waals surface area contributed by atoms with E-state index in [9.17, 15) is 14.4 Å². The van der Waals surface area contributed by atoms with Crippen LogP contribution in [-0.2, 0) is 14.3 Å². The van der Waals surface area contributed by atoms with E-state index in [1.807, 2.05) is 0 Å². The van der Waals surface area contributed by atoms with Crippen LogP contribution in [0.4, 0.5) is 11.4 Å². The molecule has 2 rings (SSSR count). The standard InChI is InChI=1S/C17H14Cl2N2O4/c1-10(22)20-11-4-2-5-12(8-11)21-15(23)9-25-17(24)16-13(18)6-3-7-14(16)19/h2-8H,9H2,1H3,(H,20,22)(H,21,23). The van der Waals surface area contributed by atoms with Crippen molar-refractivity contribution in [3.63, 3.8) is 0 Å². The number of hydrogen-bond acceptors (Lipinski definition) is 4. The molecular formula is C17H14Cl2N2O4. The van der Waals surface area contributed by atoms with Gasteiger partial charge in [0.1, 0.15) is 0 Å². The normalized spacial score (nSPS) is 10.0. The summed E-state index contributed by atoms with van der Waals surface area (Å²) >= 11 is 11.8. The summed E-state index contributed by atoms with van der Waals surface area (Å²) in [5.74, 6) is -1.57. The van der Waals surface area contributed by atoms with Gasteiger partial charge in [-0.15, -0.1) is 0 Å². The van der Waals surface area contributed by atoms with Crippen LogP contribution in [0.25, 0.3) is 0 Å². The minimum atomic E-state index is -0.794. The number of anilines is 2. The van der Waals surface area contributed by atoms with Gasteiger partial charge >= 0.3 is 5.97 Å². The van der Waals surface area contributed by atoms with E-state index in [1.165, 1.54) is 19.1 Å². The van der Waals surface area contributed by atoms with Crippen molar-refractivity contribution in [3.05, 3.63) is 58.1 Å². The van der Waals surface area contributed by atoms with Gasteiger partial charge < -0.3 is 15.4 Å². The van der Waals surface area contributed by atoms with Gasteiger partial charge in [-0.1, -0.05) is 35.3 Å². The highest BCUT2D eigenvalue weighted by Gasteiger charge is 2.17. The van der Waals surface area contributed by atoms with Crippen molar-refractivity contribution < 1.29 is 19.1 Å². The van der Waals surface area contributed by atoms with Gasteiger partial charge in [0.05, 0.1) is 15.6 Å². The Morgan fingerprint density at radius 1 is 0.960 bits per heavy atom. The molecule has 0 spiro atoms. The topological polar surface area (TPSA) is 84.5 Å². The van der Waals surface area contributed by atoms with Crippen molar-refractivity contribution in [1.82, 2.24) is 0 Å². The second kappa shape index (κ2) is 8.50. The monoisotopic (exact) mass is 380 g/mol. The van der Waals surface area contributed by atoms with Crippen molar-refractivity contribution in [2.45, 2.75) is 6.92 Å². The van der Waals surface area contributed by atoms with Crippen LogP contribution in [-0.4, -0.2) is 24.4 Å². The minimum absolute atomic E-state index is 0.00582. The second-order valence-corrected chi connectivity index (χ2v) is 5.80. The van der Waals surface area contributed by atoms with Crippen LogP contribution in [0, 0.1) is 0 Å². The van der Waals surface area contributed by atoms with Crippen LogP contribution in [0.2, 0.25) is 10.0 Å². The lowest BCUT2D eigenvalue weighted by Crippen LogP contribution is -2.21. The maximum atomic E-state index is 12.0. The van der Waals surface area contributed by atoms with Crippen molar-refractivity contribution in [2.24, 2.45) is 0 Å². The van der Waals surface area contributed by atoms with E-state index in [0.29, 0.717) is 11.4 Å². The molecule has 0 bridgehead atoms. The molecule has 2 amide bonds. The summed E-state index contributed by atoms with van der Waals surface area (Å²) in [6, 6.07) is 11.1. The first-order valence-electron chi connectivity index (χ1n) is 7.15. The molecule has 0 aliphatic carbocycles. The lowest BCUT2D eigenvalue weighted by Gasteiger charge is -2.09. The lowest BCUT2D eigenvalue weighted by molar-refractivity contribution is -0.119. The summed E-state index contributed by atoms with van der Waals surface area (Å²) in [7, 11) is 0. The van der Waals surface area contributed by atoms with Crippen molar-refractivity contribution in [2.75, 3.05) is 17.2 Å². The first-order valence-corrected chi connectivity index (χ1v) is 7.91. The highest BCUT2D eigenvalue weighted by Crippen LogP contribution is 2.25. The first kappa shape index (κ1) is 18.8. The summed E-state index contributed by atoms with van der Waals surface area (Å²) in [5.41, 5.74) is 0.986. The molecule has 0 heterocycles. The maximum Gasteiger partial charge on any atom is 0.341 e. The number of carbonyl (C=O) groups excluding carboxylic acids is 3. The fourth-order valence-corrected chi connectivity index (χ4v) is 2.52. The molecule has 6 nitrogen and oxygen atoms in total. The number of halogens is 2.